The zero-order chi connectivity index (χ0) is 15.5. The molecule has 1 saturated heterocycles. The molecule has 118 valence electrons. The van der Waals surface area contributed by atoms with E-state index in [9.17, 15) is 9.90 Å². The molecule has 1 fully saturated rings. The number of aliphatic hydroxyl groups is 1. The Labute approximate surface area is 128 Å². The molecule has 22 heavy (non-hydrogen) atoms. The number of H-pyrrole nitrogens is 1. The predicted molar refractivity (Wildman–Crippen MR) is 80.4 cm³/mol. The smallest absolute Gasteiger partial charge is 0.255 e. The maximum absolute atomic E-state index is 12.4. The highest BCUT2D eigenvalue weighted by atomic mass is 16.5. The van der Waals surface area contributed by atoms with Crippen LogP contribution < -0.4 is 5.32 Å². The van der Waals surface area contributed by atoms with E-state index in [1.807, 2.05) is 6.92 Å². The van der Waals surface area contributed by atoms with Crippen molar-refractivity contribution in [1.29, 1.82) is 0 Å². The van der Waals surface area contributed by atoms with Gasteiger partial charge in [0.1, 0.15) is 5.52 Å². The van der Waals surface area contributed by atoms with Crippen molar-refractivity contribution >= 4 is 17.1 Å². The van der Waals surface area contributed by atoms with Gasteiger partial charge in [-0.15, -0.1) is 0 Å². The van der Waals surface area contributed by atoms with Crippen molar-refractivity contribution in [2.24, 2.45) is 5.92 Å². The van der Waals surface area contributed by atoms with E-state index < -0.39 is 6.10 Å². The maximum Gasteiger partial charge on any atom is 0.255 e. The van der Waals surface area contributed by atoms with Gasteiger partial charge in [-0.25, -0.2) is 4.98 Å². The van der Waals surface area contributed by atoms with Crippen LogP contribution in [0.15, 0.2) is 18.6 Å². The van der Waals surface area contributed by atoms with Gasteiger partial charge in [-0.05, 0) is 25.7 Å². The minimum Gasteiger partial charge on any atom is -0.391 e. The molecule has 0 aliphatic carbocycles. The fraction of sp³-hybridized carbons (Fsp3) is 0.533. The predicted octanol–water partition coefficient (Wildman–Crippen LogP) is 0.864. The molecule has 3 N–H and O–H groups in total. The Morgan fingerprint density at radius 3 is 2.91 bits per heavy atom. The molecule has 2 aromatic heterocycles. The third kappa shape index (κ3) is 2.95. The highest BCUT2D eigenvalue weighted by Gasteiger charge is 2.28. The fourth-order valence-electron chi connectivity index (χ4n) is 2.86. The highest BCUT2D eigenvalue weighted by molar-refractivity contribution is 6.04. The number of aliphatic hydroxyl groups excluding tert-OH is 1. The van der Waals surface area contributed by atoms with E-state index >= 15 is 0 Å². The minimum absolute atomic E-state index is 0.159. The second-order valence-electron chi connectivity index (χ2n) is 5.66. The molecule has 1 amide bonds. The molecule has 3 rings (SSSR count). The Kier molecular flexibility index (Phi) is 4.35. The summed E-state index contributed by atoms with van der Waals surface area (Å²) in [5, 5.41) is 13.3. The lowest BCUT2D eigenvalue weighted by Crippen LogP contribution is -2.45. The Balaban J connectivity index is 1.68. The molecule has 2 unspecified atom stereocenters. The molecule has 0 bridgehead atoms. The Morgan fingerprint density at radius 1 is 1.41 bits per heavy atom. The first kappa shape index (κ1) is 14.9. The van der Waals surface area contributed by atoms with Gasteiger partial charge in [0.2, 0.25) is 0 Å². The van der Waals surface area contributed by atoms with Crippen LogP contribution in [0.5, 0.6) is 0 Å². The van der Waals surface area contributed by atoms with Crippen molar-refractivity contribution in [3.8, 4) is 0 Å². The Morgan fingerprint density at radius 2 is 2.14 bits per heavy atom. The van der Waals surface area contributed by atoms with Gasteiger partial charge in [0, 0.05) is 31.8 Å². The monoisotopic (exact) mass is 304 g/mol. The molecule has 1 aliphatic rings. The lowest BCUT2D eigenvalue weighted by molar-refractivity contribution is -0.00424. The Hall–Kier alpha value is -1.99. The number of nitrogens with zero attached hydrogens (tertiary/aromatic N) is 2. The van der Waals surface area contributed by atoms with Gasteiger partial charge >= 0.3 is 0 Å². The molecule has 1 aliphatic heterocycles. The van der Waals surface area contributed by atoms with Gasteiger partial charge in [-0.1, -0.05) is 0 Å². The molecule has 0 saturated carbocycles. The summed E-state index contributed by atoms with van der Waals surface area (Å²) < 4.78 is 5.30. The van der Waals surface area contributed by atoms with E-state index in [0.29, 0.717) is 29.9 Å². The molecule has 7 nitrogen and oxygen atoms in total. The van der Waals surface area contributed by atoms with Gasteiger partial charge in [-0.2, -0.15) is 0 Å². The average Bonchev–Trinajstić information content (AvgIpc) is 2.99. The van der Waals surface area contributed by atoms with Crippen LogP contribution in [0.4, 0.5) is 0 Å². The van der Waals surface area contributed by atoms with E-state index in [2.05, 4.69) is 20.3 Å². The van der Waals surface area contributed by atoms with E-state index in [1.54, 1.807) is 18.6 Å². The van der Waals surface area contributed by atoms with Gasteiger partial charge in [0.15, 0.2) is 5.65 Å². The summed E-state index contributed by atoms with van der Waals surface area (Å²) in [7, 11) is 0. The van der Waals surface area contributed by atoms with Gasteiger partial charge in [-0.3, -0.25) is 9.78 Å². The van der Waals surface area contributed by atoms with Crippen molar-refractivity contribution in [3.05, 3.63) is 24.2 Å². The van der Waals surface area contributed by atoms with Crippen LogP contribution in [0.3, 0.4) is 0 Å². The number of carbonyl (C=O) groups is 1. The number of carbonyl (C=O) groups excluding carboxylic acids is 1. The summed E-state index contributed by atoms with van der Waals surface area (Å²) in [6, 6.07) is -0.336. The van der Waals surface area contributed by atoms with Gasteiger partial charge in [0.05, 0.1) is 17.7 Å². The summed E-state index contributed by atoms with van der Waals surface area (Å²) in [6.45, 7) is 3.15. The summed E-state index contributed by atoms with van der Waals surface area (Å²) in [5.41, 5.74) is 1.55. The van der Waals surface area contributed by atoms with Crippen LogP contribution in [0.25, 0.3) is 11.2 Å². The lowest BCUT2D eigenvalue weighted by atomic mass is 9.90. The van der Waals surface area contributed by atoms with Crippen LogP contribution >= 0.6 is 0 Å². The summed E-state index contributed by atoms with van der Waals surface area (Å²) >= 11 is 0. The molecule has 0 aromatic carbocycles. The van der Waals surface area contributed by atoms with Crippen molar-refractivity contribution < 1.29 is 14.6 Å². The number of hydrogen-bond acceptors (Lipinski definition) is 5. The second kappa shape index (κ2) is 6.41. The highest BCUT2D eigenvalue weighted by Crippen LogP contribution is 2.21. The number of aromatic amines is 1. The summed E-state index contributed by atoms with van der Waals surface area (Å²) in [5.74, 6) is -0.0998. The second-order valence-corrected chi connectivity index (χ2v) is 5.66. The van der Waals surface area contributed by atoms with Crippen LogP contribution in [0.2, 0.25) is 0 Å². The van der Waals surface area contributed by atoms with Crippen LogP contribution in [0.1, 0.15) is 30.1 Å². The van der Waals surface area contributed by atoms with E-state index in [0.717, 1.165) is 12.8 Å². The quantitative estimate of drug-likeness (QED) is 0.778. The molecule has 2 aromatic rings. The van der Waals surface area contributed by atoms with Gasteiger partial charge < -0.3 is 20.1 Å². The fourth-order valence-corrected chi connectivity index (χ4v) is 2.86. The number of ether oxygens (including phenoxy) is 1. The average molecular weight is 304 g/mol. The molecular formula is C15H20N4O3. The van der Waals surface area contributed by atoms with Crippen LogP contribution in [0, 0.1) is 5.92 Å². The largest absolute Gasteiger partial charge is 0.391 e. The minimum atomic E-state index is -0.579. The van der Waals surface area contributed by atoms with Crippen molar-refractivity contribution in [2.75, 3.05) is 13.2 Å². The molecule has 0 radical (unpaired) electrons. The number of nitrogens with one attached hydrogen (secondary N) is 2. The summed E-state index contributed by atoms with van der Waals surface area (Å²) in [6.07, 6.45) is 5.77. The first-order valence-corrected chi connectivity index (χ1v) is 7.51. The normalized spacial score (nSPS) is 19.0. The zero-order valence-electron chi connectivity index (χ0n) is 12.5. The molecule has 2 atom stereocenters. The number of hydrogen-bond donors (Lipinski definition) is 3. The first-order valence-electron chi connectivity index (χ1n) is 7.51. The summed E-state index contributed by atoms with van der Waals surface area (Å²) in [4.78, 5) is 23.6. The molecule has 3 heterocycles. The SMILES string of the molecule is CC(NC(=O)c1c[nH]c2nccnc12)C(O)C1CCOCC1. The van der Waals surface area contributed by atoms with Crippen molar-refractivity contribution in [1.82, 2.24) is 20.3 Å². The van der Waals surface area contributed by atoms with Gasteiger partial charge in [0.25, 0.3) is 5.91 Å². The van der Waals surface area contributed by atoms with Crippen molar-refractivity contribution in [3.63, 3.8) is 0 Å². The third-order valence-electron chi connectivity index (χ3n) is 4.17. The van der Waals surface area contributed by atoms with Crippen LogP contribution in [-0.4, -0.2) is 51.3 Å². The topological polar surface area (TPSA) is 100 Å². The standard InChI is InChI=1S/C15H20N4O3/c1-9(13(20)10-2-6-22-7-3-10)19-15(21)11-8-18-14-12(11)16-4-5-17-14/h4-5,8-10,13,20H,2-3,6-7H2,1H3,(H,17,18)(H,19,21). The zero-order valence-corrected chi connectivity index (χ0v) is 12.5. The van der Waals surface area contributed by atoms with E-state index in [4.69, 9.17) is 4.74 Å². The number of fused-ring (bicyclic) bond motifs is 1. The molecule has 7 heteroatoms. The molecular weight excluding hydrogens is 284 g/mol. The number of rotatable bonds is 4. The molecule has 0 spiro atoms. The first-order chi connectivity index (χ1) is 10.7. The van der Waals surface area contributed by atoms with E-state index in [-0.39, 0.29) is 17.9 Å². The van der Waals surface area contributed by atoms with Crippen molar-refractivity contribution in [2.45, 2.75) is 31.9 Å². The van der Waals surface area contributed by atoms with Crippen LogP contribution in [-0.2, 0) is 4.74 Å². The third-order valence-corrected chi connectivity index (χ3v) is 4.17. The van der Waals surface area contributed by atoms with E-state index in [1.165, 1.54) is 0 Å². The number of aromatic nitrogens is 3. The maximum atomic E-state index is 12.4. The lowest BCUT2D eigenvalue weighted by Gasteiger charge is -2.30. The number of amides is 1. The Bertz CT molecular complexity index is 651.